The zero-order valence-corrected chi connectivity index (χ0v) is 17.0. The molecule has 0 fully saturated rings. The highest BCUT2D eigenvalue weighted by Crippen LogP contribution is 2.27. The Balaban J connectivity index is 1.63. The number of aromatic nitrogens is 3. The van der Waals surface area contributed by atoms with Crippen molar-refractivity contribution in [3.05, 3.63) is 89.5 Å². The molecule has 9 heteroatoms. The molecule has 0 saturated carbocycles. The average molecular weight is 441 g/mol. The van der Waals surface area contributed by atoms with Crippen LogP contribution in [0.1, 0.15) is 31.1 Å². The monoisotopic (exact) mass is 441 g/mol. The van der Waals surface area contributed by atoms with Gasteiger partial charge in [-0.1, -0.05) is 0 Å². The predicted octanol–water partition coefficient (Wildman–Crippen LogP) is 4.69. The maximum atomic E-state index is 10.8. The summed E-state index contributed by atoms with van der Waals surface area (Å²) in [4.78, 5) is 45.0. The maximum absolute atomic E-state index is 10.8. The number of ether oxygens (including phenoxy) is 3. The van der Waals surface area contributed by atoms with E-state index in [2.05, 4.69) is 15.0 Å². The minimum Gasteiger partial charge on any atom is -0.424 e. The molecule has 3 aromatic carbocycles. The highest BCUT2D eigenvalue weighted by atomic mass is 16.5. The molecule has 0 aliphatic rings. The first-order chi connectivity index (χ1) is 16.1. The minimum atomic E-state index is -0.108. The summed E-state index contributed by atoms with van der Waals surface area (Å²) in [6.07, 6.45) is 2.16. The molecule has 0 aliphatic carbocycles. The first-order valence-corrected chi connectivity index (χ1v) is 9.60. The molecule has 0 saturated heterocycles. The van der Waals surface area contributed by atoms with Gasteiger partial charge in [-0.05, 0) is 72.8 Å². The first kappa shape index (κ1) is 21.3. The number of carbonyl (C=O) groups is 3. The molecule has 0 N–H and O–H groups in total. The van der Waals surface area contributed by atoms with E-state index in [1.54, 1.807) is 72.8 Å². The van der Waals surface area contributed by atoms with Crippen LogP contribution in [0.4, 0.5) is 0 Å². The van der Waals surface area contributed by atoms with Gasteiger partial charge in [-0.2, -0.15) is 0 Å². The average Bonchev–Trinajstić information content (AvgIpc) is 2.85. The van der Waals surface area contributed by atoms with Crippen LogP contribution in [-0.4, -0.2) is 33.8 Å². The summed E-state index contributed by atoms with van der Waals surface area (Å²) < 4.78 is 17.0. The molecule has 4 rings (SSSR count). The molecule has 0 aliphatic heterocycles. The van der Waals surface area contributed by atoms with Gasteiger partial charge in [-0.15, -0.1) is 15.0 Å². The summed E-state index contributed by atoms with van der Waals surface area (Å²) in [7, 11) is 0. The van der Waals surface area contributed by atoms with E-state index in [0.29, 0.717) is 33.9 Å². The van der Waals surface area contributed by atoms with Gasteiger partial charge in [0.25, 0.3) is 0 Å². The third-order valence-electron chi connectivity index (χ3n) is 4.25. The van der Waals surface area contributed by atoms with E-state index in [4.69, 9.17) is 14.2 Å². The Morgan fingerprint density at radius 2 is 0.667 bits per heavy atom. The summed E-state index contributed by atoms with van der Waals surface area (Å²) in [5, 5.41) is 0. The van der Waals surface area contributed by atoms with Crippen molar-refractivity contribution in [3.8, 4) is 35.3 Å². The predicted molar refractivity (Wildman–Crippen MR) is 116 cm³/mol. The van der Waals surface area contributed by atoms with Crippen LogP contribution >= 0.6 is 0 Å². The molecule has 0 spiro atoms. The van der Waals surface area contributed by atoms with Crippen LogP contribution in [0.3, 0.4) is 0 Å². The molecule has 0 atom stereocenters. The number of rotatable bonds is 9. The Hall–Kier alpha value is -4.92. The fraction of sp³-hybridized carbons (Fsp3) is 0. The molecule has 4 aromatic rings. The number of benzene rings is 3. The number of hydrogen-bond donors (Lipinski definition) is 0. The molecule has 33 heavy (non-hydrogen) atoms. The Bertz CT molecular complexity index is 1100. The van der Waals surface area contributed by atoms with Gasteiger partial charge in [0, 0.05) is 16.7 Å². The van der Waals surface area contributed by atoms with Gasteiger partial charge in [0.2, 0.25) is 0 Å². The topological polar surface area (TPSA) is 118 Å². The van der Waals surface area contributed by atoms with Crippen molar-refractivity contribution >= 4 is 18.9 Å². The Morgan fingerprint density at radius 1 is 0.424 bits per heavy atom. The quantitative estimate of drug-likeness (QED) is 0.341. The number of carbonyl (C=O) groups excluding carboxylic acids is 3. The van der Waals surface area contributed by atoms with Crippen molar-refractivity contribution in [2.75, 3.05) is 0 Å². The van der Waals surface area contributed by atoms with Gasteiger partial charge in [-0.3, -0.25) is 14.4 Å². The fourth-order valence-corrected chi connectivity index (χ4v) is 2.62. The minimum absolute atomic E-state index is 0.108. The SMILES string of the molecule is O=Cc1ccc(Oc2nc(Oc3ccc(C=O)cc3)nc(Oc3ccc(C=O)cc3)n2)cc1. The lowest BCUT2D eigenvalue weighted by Gasteiger charge is -2.10. The van der Waals surface area contributed by atoms with Gasteiger partial charge in [-0.25, -0.2) is 0 Å². The smallest absolute Gasteiger partial charge is 0.331 e. The maximum Gasteiger partial charge on any atom is 0.331 e. The van der Waals surface area contributed by atoms with E-state index in [-0.39, 0.29) is 18.0 Å². The van der Waals surface area contributed by atoms with Crippen LogP contribution in [0.15, 0.2) is 72.8 Å². The number of nitrogens with zero attached hydrogens (tertiary/aromatic N) is 3. The third kappa shape index (κ3) is 5.61. The van der Waals surface area contributed by atoms with Gasteiger partial charge >= 0.3 is 18.0 Å². The van der Waals surface area contributed by atoms with Crippen molar-refractivity contribution in [2.45, 2.75) is 0 Å². The van der Waals surface area contributed by atoms with E-state index in [1.165, 1.54) is 0 Å². The van der Waals surface area contributed by atoms with Gasteiger partial charge in [0.05, 0.1) is 0 Å². The van der Waals surface area contributed by atoms with E-state index < -0.39 is 0 Å². The largest absolute Gasteiger partial charge is 0.424 e. The molecule has 1 heterocycles. The zero-order chi connectivity index (χ0) is 23.0. The first-order valence-electron chi connectivity index (χ1n) is 9.60. The lowest BCUT2D eigenvalue weighted by molar-refractivity contribution is 0.111. The summed E-state index contributed by atoms with van der Waals surface area (Å²) >= 11 is 0. The van der Waals surface area contributed by atoms with E-state index >= 15 is 0 Å². The van der Waals surface area contributed by atoms with Crippen LogP contribution in [0.5, 0.6) is 35.3 Å². The molecular formula is C24H15N3O6. The van der Waals surface area contributed by atoms with Crippen LogP contribution in [0.2, 0.25) is 0 Å². The summed E-state index contributed by atoms with van der Waals surface area (Å²) in [6, 6.07) is 18.7. The van der Waals surface area contributed by atoms with Crippen molar-refractivity contribution in [1.29, 1.82) is 0 Å². The Morgan fingerprint density at radius 3 is 0.879 bits per heavy atom. The molecule has 0 amide bonds. The molecule has 1 aromatic heterocycles. The summed E-state index contributed by atoms with van der Waals surface area (Å²) in [6.45, 7) is 0. The van der Waals surface area contributed by atoms with Crippen molar-refractivity contribution < 1.29 is 28.6 Å². The van der Waals surface area contributed by atoms with Crippen molar-refractivity contribution in [1.82, 2.24) is 15.0 Å². The third-order valence-corrected chi connectivity index (χ3v) is 4.25. The van der Waals surface area contributed by atoms with Gasteiger partial charge in [0.1, 0.15) is 36.1 Å². The second-order valence-electron chi connectivity index (χ2n) is 6.55. The van der Waals surface area contributed by atoms with Crippen molar-refractivity contribution in [3.63, 3.8) is 0 Å². The fourth-order valence-electron chi connectivity index (χ4n) is 2.62. The van der Waals surface area contributed by atoms with Crippen LogP contribution in [0.25, 0.3) is 0 Å². The Kier molecular flexibility index (Phi) is 6.41. The van der Waals surface area contributed by atoms with Gasteiger partial charge < -0.3 is 14.2 Å². The van der Waals surface area contributed by atoms with Gasteiger partial charge in [0.15, 0.2) is 0 Å². The normalized spacial score (nSPS) is 10.2. The zero-order valence-electron chi connectivity index (χ0n) is 17.0. The molecule has 0 bridgehead atoms. The standard InChI is InChI=1S/C24H15N3O6/c28-13-16-1-7-19(8-2-16)31-22-25-23(32-20-9-3-17(14-29)4-10-20)27-24(26-22)33-21-11-5-18(15-30)6-12-21/h1-15H. The van der Waals surface area contributed by atoms with E-state index in [1.807, 2.05) is 0 Å². The molecular weight excluding hydrogens is 426 g/mol. The lowest BCUT2D eigenvalue weighted by atomic mass is 10.2. The second kappa shape index (κ2) is 9.92. The molecule has 0 radical (unpaired) electrons. The molecule has 9 nitrogen and oxygen atoms in total. The van der Waals surface area contributed by atoms with Crippen LogP contribution in [-0.2, 0) is 0 Å². The second-order valence-corrected chi connectivity index (χ2v) is 6.55. The number of aldehydes is 3. The summed E-state index contributed by atoms with van der Waals surface area (Å²) in [5.74, 6) is 1.15. The summed E-state index contributed by atoms with van der Waals surface area (Å²) in [5.41, 5.74) is 1.47. The highest BCUT2D eigenvalue weighted by Gasteiger charge is 2.13. The molecule has 162 valence electrons. The van der Waals surface area contributed by atoms with Crippen LogP contribution < -0.4 is 14.2 Å². The highest BCUT2D eigenvalue weighted by molar-refractivity contribution is 5.75. The van der Waals surface area contributed by atoms with E-state index in [9.17, 15) is 14.4 Å². The Labute approximate surface area is 187 Å². The van der Waals surface area contributed by atoms with Crippen LogP contribution in [0, 0.1) is 0 Å². The van der Waals surface area contributed by atoms with E-state index in [0.717, 1.165) is 18.9 Å². The number of hydrogen-bond acceptors (Lipinski definition) is 9. The van der Waals surface area contributed by atoms with Crippen molar-refractivity contribution in [2.24, 2.45) is 0 Å². The lowest BCUT2D eigenvalue weighted by Crippen LogP contribution is -2.01. The molecule has 0 unspecified atom stereocenters.